The van der Waals surface area contributed by atoms with Crippen LogP contribution in [0, 0.1) is 10.8 Å². The third-order valence-electron chi connectivity index (χ3n) is 6.49. The van der Waals surface area contributed by atoms with E-state index in [9.17, 15) is 9.59 Å². The Morgan fingerprint density at radius 2 is 2.07 bits per heavy atom. The number of aromatic nitrogens is 2. The number of nitrogens with one attached hydrogen (secondary N) is 1. The van der Waals surface area contributed by atoms with Crippen molar-refractivity contribution in [3.8, 4) is 0 Å². The Kier molecular flexibility index (Phi) is 5.34. The fourth-order valence-electron chi connectivity index (χ4n) is 5.74. The fourth-order valence-corrected chi connectivity index (χ4v) is 5.74. The molecule has 1 aromatic carbocycles. The topological polar surface area (TPSA) is 76.5 Å². The molecule has 2 atom stereocenters. The summed E-state index contributed by atoms with van der Waals surface area (Å²) < 4.78 is 6.81. The van der Waals surface area contributed by atoms with Gasteiger partial charge in [0.1, 0.15) is 6.61 Å². The second-order valence-corrected chi connectivity index (χ2v) is 10.1. The Balaban J connectivity index is 1.47. The predicted molar refractivity (Wildman–Crippen MR) is 115 cm³/mol. The molecule has 1 saturated heterocycles. The first-order chi connectivity index (χ1) is 14.2. The highest BCUT2D eigenvalue weighted by molar-refractivity contribution is 5.97. The molecule has 2 bridgehead atoms. The average molecular weight is 413 g/mol. The SMILES string of the molecule is COCC(=O)NCCn1cnc2cc(C(=O)N3CC4(C)CC3CC(C)(C)C4)ccc21. The number of fused-ring (bicyclic) bond motifs is 3. The summed E-state index contributed by atoms with van der Waals surface area (Å²) in [6, 6.07) is 6.09. The molecule has 2 amide bonds. The number of carbonyl (C=O) groups is 2. The normalized spacial score (nSPS) is 24.9. The van der Waals surface area contributed by atoms with Crippen molar-refractivity contribution in [2.75, 3.05) is 26.8 Å². The van der Waals surface area contributed by atoms with Gasteiger partial charge in [0.2, 0.25) is 5.91 Å². The van der Waals surface area contributed by atoms with Crippen molar-refractivity contribution in [1.82, 2.24) is 19.8 Å². The monoisotopic (exact) mass is 412 g/mol. The summed E-state index contributed by atoms with van der Waals surface area (Å²) in [5.74, 6) is -0.0211. The quantitative estimate of drug-likeness (QED) is 0.792. The highest BCUT2D eigenvalue weighted by atomic mass is 16.5. The van der Waals surface area contributed by atoms with Crippen LogP contribution >= 0.6 is 0 Å². The first kappa shape index (κ1) is 20.8. The highest BCUT2D eigenvalue weighted by Crippen LogP contribution is 2.52. The molecule has 162 valence electrons. The largest absolute Gasteiger partial charge is 0.375 e. The van der Waals surface area contributed by atoms with Crippen molar-refractivity contribution >= 4 is 22.8 Å². The summed E-state index contributed by atoms with van der Waals surface area (Å²) >= 11 is 0. The minimum atomic E-state index is -0.137. The van der Waals surface area contributed by atoms with Gasteiger partial charge in [-0.05, 0) is 48.3 Å². The molecular weight excluding hydrogens is 380 g/mol. The maximum absolute atomic E-state index is 13.3. The zero-order chi connectivity index (χ0) is 21.5. The second-order valence-electron chi connectivity index (χ2n) is 10.1. The van der Waals surface area contributed by atoms with Crippen LogP contribution in [0.25, 0.3) is 11.0 Å². The van der Waals surface area contributed by atoms with Gasteiger partial charge < -0.3 is 19.5 Å². The molecule has 2 aliphatic rings. The van der Waals surface area contributed by atoms with E-state index in [1.165, 1.54) is 13.5 Å². The van der Waals surface area contributed by atoms with Crippen molar-refractivity contribution in [2.45, 2.75) is 52.6 Å². The molecule has 0 radical (unpaired) electrons. The number of ether oxygens (including phenoxy) is 1. The second kappa shape index (κ2) is 7.69. The van der Waals surface area contributed by atoms with Crippen LogP contribution in [0.1, 0.15) is 50.4 Å². The number of carbonyl (C=O) groups excluding carboxylic acids is 2. The average Bonchev–Trinajstić information content (AvgIpc) is 3.17. The first-order valence-electron chi connectivity index (χ1n) is 10.7. The Morgan fingerprint density at radius 3 is 2.83 bits per heavy atom. The molecule has 2 unspecified atom stereocenters. The van der Waals surface area contributed by atoms with Crippen LogP contribution in [-0.2, 0) is 16.1 Å². The zero-order valence-corrected chi connectivity index (χ0v) is 18.4. The molecule has 1 N–H and O–H groups in total. The van der Waals surface area contributed by atoms with Gasteiger partial charge in [-0.2, -0.15) is 0 Å². The van der Waals surface area contributed by atoms with Crippen molar-refractivity contribution in [2.24, 2.45) is 10.8 Å². The van der Waals surface area contributed by atoms with E-state index < -0.39 is 0 Å². The highest BCUT2D eigenvalue weighted by Gasteiger charge is 2.51. The number of hydrogen-bond acceptors (Lipinski definition) is 4. The van der Waals surface area contributed by atoms with E-state index in [1.807, 2.05) is 22.8 Å². The third kappa shape index (κ3) is 4.08. The number of benzene rings is 1. The summed E-state index contributed by atoms with van der Waals surface area (Å²) in [5, 5.41) is 2.81. The zero-order valence-electron chi connectivity index (χ0n) is 18.4. The molecule has 7 heteroatoms. The van der Waals surface area contributed by atoms with Gasteiger partial charge in [-0.25, -0.2) is 4.98 Å². The first-order valence-corrected chi connectivity index (χ1v) is 10.7. The Bertz CT molecular complexity index is 967. The Morgan fingerprint density at radius 1 is 1.27 bits per heavy atom. The van der Waals surface area contributed by atoms with E-state index >= 15 is 0 Å². The van der Waals surface area contributed by atoms with Gasteiger partial charge in [0, 0.05) is 38.3 Å². The van der Waals surface area contributed by atoms with Gasteiger partial charge in [0.15, 0.2) is 0 Å². The van der Waals surface area contributed by atoms with Gasteiger partial charge in [0.25, 0.3) is 5.91 Å². The van der Waals surface area contributed by atoms with E-state index in [1.54, 1.807) is 6.33 Å². The minimum Gasteiger partial charge on any atom is -0.375 e. The lowest BCUT2D eigenvalue weighted by molar-refractivity contribution is -0.124. The van der Waals surface area contributed by atoms with Crippen molar-refractivity contribution in [3.05, 3.63) is 30.1 Å². The van der Waals surface area contributed by atoms with Crippen molar-refractivity contribution in [1.29, 1.82) is 0 Å². The Hall–Kier alpha value is -2.41. The number of likely N-dealkylation sites (tertiary alicyclic amines) is 1. The fraction of sp³-hybridized carbons (Fsp3) is 0.609. The van der Waals surface area contributed by atoms with Gasteiger partial charge in [-0.1, -0.05) is 20.8 Å². The molecule has 30 heavy (non-hydrogen) atoms. The number of methoxy groups -OCH3 is 1. The molecule has 2 fully saturated rings. The lowest BCUT2D eigenvalue weighted by atomic mass is 9.65. The summed E-state index contributed by atoms with van der Waals surface area (Å²) in [6.07, 6.45) is 5.10. The van der Waals surface area contributed by atoms with Crippen molar-refractivity contribution < 1.29 is 14.3 Å². The number of nitrogens with zero attached hydrogens (tertiary/aromatic N) is 3. The standard InChI is InChI=1S/C23H32N4O3/c1-22(2)10-17-11-23(3,13-22)14-27(17)21(29)16-5-6-19-18(9-16)25-15-26(19)8-7-24-20(28)12-30-4/h5-6,9,15,17H,7-8,10-14H2,1-4H3,(H,24,28). The lowest BCUT2D eigenvalue weighted by Crippen LogP contribution is -2.37. The molecule has 1 aromatic heterocycles. The van der Waals surface area contributed by atoms with E-state index in [4.69, 9.17) is 4.74 Å². The molecule has 7 nitrogen and oxygen atoms in total. The number of hydrogen-bond donors (Lipinski definition) is 1. The lowest BCUT2D eigenvalue weighted by Gasteiger charge is -2.39. The van der Waals surface area contributed by atoms with Gasteiger partial charge >= 0.3 is 0 Å². The van der Waals surface area contributed by atoms with Crippen LogP contribution in [0.2, 0.25) is 0 Å². The van der Waals surface area contributed by atoms with Gasteiger partial charge in [-0.3, -0.25) is 9.59 Å². The number of imidazole rings is 1. The number of rotatable bonds is 6. The molecule has 0 spiro atoms. The maximum atomic E-state index is 13.3. The summed E-state index contributed by atoms with van der Waals surface area (Å²) in [4.78, 5) is 31.4. The molecule has 4 rings (SSSR count). The van der Waals surface area contributed by atoms with Crippen LogP contribution in [0.3, 0.4) is 0 Å². The van der Waals surface area contributed by atoms with E-state index in [2.05, 4.69) is 36.0 Å². The number of amides is 2. The molecule has 1 aliphatic carbocycles. The van der Waals surface area contributed by atoms with Crippen molar-refractivity contribution in [3.63, 3.8) is 0 Å². The molecular formula is C23H32N4O3. The van der Waals surface area contributed by atoms with Crippen LogP contribution in [0.5, 0.6) is 0 Å². The van der Waals surface area contributed by atoms with E-state index in [-0.39, 0.29) is 29.3 Å². The summed E-state index contributed by atoms with van der Waals surface area (Å²) in [6.45, 7) is 8.98. The van der Waals surface area contributed by atoms with Crippen LogP contribution in [-0.4, -0.2) is 59.1 Å². The van der Waals surface area contributed by atoms with Crippen LogP contribution < -0.4 is 5.32 Å². The minimum absolute atomic E-state index is 0.0594. The molecule has 2 aromatic rings. The Labute approximate surface area is 177 Å². The molecule has 1 saturated carbocycles. The summed E-state index contributed by atoms with van der Waals surface area (Å²) in [7, 11) is 1.50. The van der Waals surface area contributed by atoms with E-state index in [0.717, 1.165) is 30.4 Å². The molecule has 1 aliphatic heterocycles. The molecule has 2 heterocycles. The van der Waals surface area contributed by atoms with Crippen LogP contribution in [0.4, 0.5) is 0 Å². The van der Waals surface area contributed by atoms with Gasteiger partial charge in [-0.15, -0.1) is 0 Å². The smallest absolute Gasteiger partial charge is 0.254 e. The summed E-state index contributed by atoms with van der Waals surface area (Å²) in [5.41, 5.74) is 2.98. The van der Waals surface area contributed by atoms with Crippen LogP contribution in [0.15, 0.2) is 24.5 Å². The third-order valence-corrected chi connectivity index (χ3v) is 6.49. The van der Waals surface area contributed by atoms with Gasteiger partial charge in [0.05, 0.1) is 17.4 Å². The van der Waals surface area contributed by atoms with E-state index in [0.29, 0.717) is 24.7 Å². The predicted octanol–water partition coefficient (Wildman–Crippen LogP) is 2.84. The maximum Gasteiger partial charge on any atom is 0.254 e.